The van der Waals surface area contributed by atoms with Crippen LogP contribution in [0.15, 0.2) is 6.20 Å². The normalized spacial score (nSPS) is 13.6. The molecule has 7 heteroatoms. The van der Waals surface area contributed by atoms with Gasteiger partial charge >= 0.3 is 5.69 Å². The monoisotopic (exact) mass is 281 g/mol. The Bertz CT molecular complexity index is 452. The standard InChI is InChI=1S/C13H23N5O2/c1-5-7-14-13-15-8-11(18(19)20)12(17-13)16-10(4)9(3)6-2/h8-10H,5-7H2,1-4H3,(H2,14,15,16,17). The summed E-state index contributed by atoms with van der Waals surface area (Å²) in [4.78, 5) is 18.7. The maximum absolute atomic E-state index is 11.0. The Morgan fingerprint density at radius 1 is 1.40 bits per heavy atom. The van der Waals surface area contributed by atoms with Gasteiger partial charge in [-0.2, -0.15) is 4.98 Å². The first-order valence-electron chi connectivity index (χ1n) is 7.01. The van der Waals surface area contributed by atoms with Crippen LogP contribution < -0.4 is 10.6 Å². The number of nitrogens with zero attached hydrogens (tertiary/aromatic N) is 3. The molecule has 2 unspecified atom stereocenters. The van der Waals surface area contributed by atoms with Crippen molar-refractivity contribution >= 4 is 17.5 Å². The molecule has 1 aromatic rings. The molecule has 0 saturated heterocycles. The lowest BCUT2D eigenvalue weighted by Crippen LogP contribution is -2.24. The zero-order valence-corrected chi connectivity index (χ0v) is 12.5. The summed E-state index contributed by atoms with van der Waals surface area (Å²) in [6.45, 7) is 8.95. The second kappa shape index (κ2) is 7.62. The van der Waals surface area contributed by atoms with Crippen LogP contribution in [0.25, 0.3) is 0 Å². The number of rotatable bonds is 8. The molecule has 2 atom stereocenters. The van der Waals surface area contributed by atoms with E-state index in [1.165, 1.54) is 6.20 Å². The van der Waals surface area contributed by atoms with Gasteiger partial charge in [0.15, 0.2) is 0 Å². The van der Waals surface area contributed by atoms with Crippen LogP contribution in [-0.2, 0) is 0 Å². The quantitative estimate of drug-likeness (QED) is 0.562. The van der Waals surface area contributed by atoms with Crippen LogP contribution in [0.3, 0.4) is 0 Å². The zero-order chi connectivity index (χ0) is 15.1. The predicted octanol–water partition coefficient (Wildman–Crippen LogP) is 3.05. The molecule has 1 heterocycles. The number of nitrogens with one attached hydrogen (secondary N) is 2. The van der Waals surface area contributed by atoms with Crippen molar-refractivity contribution in [3.8, 4) is 0 Å². The van der Waals surface area contributed by atoms with E-state index in [2.05, 4.69) is 34.4 Å². The average Bonchev–Trinajstić information content (AvgIpc) is 2.43. The summed E-state index contributed by atoms with van der Waals surface area (Å²) in [5.41, 5.74) is -0.0952. The highest BCUT2D eigenvalue weighted by Gasteiger charge is 2.20. The van der Waals surface area contributed by atoms with Gasteiger partial charge in [0.05, 0.1) is 4.92 Å². The topological polar surface area (TPSA) is 93.0 Å². The summed E-state index contributed by atoms with van der Waals surface area (Å²) in [5, 5.41) is 17.2. The molecule has 0 aliphatic rings. The van der Waals surface area contributed by atoms with E-state index in [1.807, 2.05) is 13.8 Å². The highest BCUT2D eigenvalue weighted by molar-refractivity contribution is 5.57. The molecule has 0 aliphatic carbocycles. The Morgan fingerprint density at radius 3 is 2.65 bits per heavy atom. The Labute approximate surface area is 119 Å². The summed E-state index contributed by atoms with van der Waals surface area (Å²) >= 11 is 0. The summed E-state index contributed by atoms with van der Waals surface area (Å²) in [6, 6.07) is 0.104. The average molecular weight is 281 g/mol. The maximum atomic E-state index is 11.0. The molecule has 20 heavy (non-hydrogen) atoms. The highest BCUT2D eigenvalue weighted by Crippen LogP contribution is 2.24. The van der Waals surface area contributed by atoms with E-state index < -0.39 is 4.92 Å². The third-order valence-electron chi connectivity index (χ3n) is 3.36. The Hall–Kier alpha value is -1.92. The van der Waals surface area contributed by atoms with E-state index >= 15 is 0 Å². The van der Waals surface area contributed by atoms with Gasteiger partial charge < -0.3 is 10.6 Å². The molecule has 1 rings (SSSR count). The van der Waals surface area contributed by atoms with Gasteiger partial charge in [-0.3, -0.25) is 10.1 Å². The van der Waals surface area contributed by atoms with E-state index in [0.29, 0.717) is 11.9 Å². The van der Waals surface area contributed by atoms with Gasteiger partial charge in [-0.05, 0) is 19.3 Å². The minimum atomic E-state index is -0.463. The van der Waals surface area contributed by atoms with E-state index in [9.17, 15) is 10.1 Å². The van der Waals surface area contributed by atoms with Crippen LogP contribution in [-0.4, -0.2) is 27.5 Å². The van der Waals surface area contributed by atoms with Gasteiger partial charge in [-0.1, -0.05) is 27.2 Å². The van der Waals surface area contributed by atoms with E-state index in [-0.39, 0.29) is 17.5 Å². The Morgan fingerprint density at radius 2 is 2.10 bits per heavy atom. The van der Waals surface area contributed by atoms with Crippen LogP contribution in [0.1, 0.15) is 40.5 Å². The zero-order valence-electron chi connectivity index (χ0n) is 12.5. The number of aromatic nitrogens is 2. The van der Waals surface area contributed by atoms with Crippen LogP contribution in [0.5, 0.6) is 0 Å². The van der Waals surface area contributed by atoms with Crippen LogP contribution in [0.2, 0.25) is 0 Å². The third-order valence-corrected chi connectivity index (χ3v) is 3.36. The van der Waals surface area contributed by atoms with E-state index in [0.717, 1.165) is 19.4 Å². The lowest BCUT2D eigenvalue weighted by molar-refractivity contribution is -0.384. The number of hydrogen-bond donors (Lipinski definition) is 2. The first-order valence-corrected chi connectivity index (χ1v) is 7.01. The van der Waals surface area contributed by atoms with Gasteiger partial charge in [0, 0.05) is 12.6 Å². The summed E-state index contributed by atoms with van der Waals surface area (Å²) in [6.07, 6.45) is 3.18. The van der Waals surface area contributed by atoms with Gasteiger partial charge in [0.2, 0.25) is 11.8 Å². The lowest BCUT2D eigenvalue weighted by Gasteiger charge is -2.20. The molecule has 0 radical (unpaired) electrons. The fraction of sp³-hybridized carbons (Fsp3) is 0.692. The van der Waals surface area contributed by atoms with Crippen molar-refractivity contribution in [2.24, 2.45) is 5.92 Å². The molecular formula is C13H23N5O2. The van der Waals surface area contributed by atoms with Crippen molar-refractivity contribution in [3.05, 3.63) is 16.3 Å². The SMILES string of the molecule is CCCNc1ncc([N+](=O)[O-])c(NC(C)C(C)CC)n1. The Kier molecular flexibility index (Phi) is 6.14. The van der Waals surface area contributed by atoms with Crippen molar-refractivity contribution in [2.45, 2.75) is 46.6 Å². The summed E-state index contributed by atoms with van der Waals surface area (Å²) < 4.78 is 0. The molecule has 112 valence electrons. The first kappa shape index (κ1) is 16.1. The van der Waals surface area contributed by atoms with Crippen LogP contribution in [0, 0.1) is 16.0 Å². The van der Waals surface area contributed by atoms with Crippen molar-refractivity contribution in [1.82, 2.24) is 9.97 Å². The molecule has 2 N–H and O–H groups in total. The lowest BCUT2D eigenvalue weighted by atomic mass is 10.0. The van der Waals surface area contributed by atoms with E-state index in [1.54, 1.807) is 0 Å². The minimum absolute atomic E-state index is 0.0952. The molecule has 0 spiro atoms. The molecule has 0 aliphatic heterocycles. The van der Waals surface area contributed by atoms with Gasteiger partial charge in [0.25, 0.3) is 0 Å². The van der Waals surface area contributed by atoms with Crippen LogP contribution in [0.4, 0.5) is 17.5 Å². The number of hydrogen-bond acceptors (Lipinski definition) is 6. The second-order valence-corrected chi connectivity index (χ2v) is 4.93. The van der Waals surface area contributed by atoms with E-state index in [4.69, 9.17) is 0 Å². The second-order valence-electron chi connectivity index (χ2n) is 4.93. The summed E-state index contributed by atoms with van der Waals surface area (Å²) in [7, 11) is 0. The molecule has 1 aromatic heterocycles. The molecule has 0 amide bonds. The summed E-state index contributed by atoms with van der Waals surface area (Å²) in [5.74, 6) is 1.09. The Balaban J connectivity index is 2.96. The molecule has 7 nitrogen and oxygen atoms in total. The smallest absolute Gasteiger partial charge is 0.329 e. The minimum Gasteiger partial charge on any atom is -0.361 e. The van der Waals surface area contributed by atoms with Gasteiger partial charge in [0.1, 0.15) is 6.20 Å². The maximum Gasteiger partial charge on any atom is 0.329 e. The van der Waals surface area contributed by atoms with Crippen LogP contribution >= 0.6 is 0 Å². The third kappa shape index (κ3) is 4.32. The fourth-order valence-corrected chi connectivity index (χ4v) is 1.65. The molecular weight excluding hydrogens is 258 g/mol. The molecule has 0 saturated carbocycles. The van der Waals surface area contributed by atoms with Gasteiger partial charge in [-0.25, -0.2) is 4.98 Å². The van der Waals surface area contributed by atoms with Crippen molar-refractivity contribution < 1.29 is 4.92 Å². The fourth-order valence-electron chi connectivity index (χ4n) is 1.65. The van der Waals surface area contributed by atoms with Crippen molar-refractivity contribution in [1.29, 1.82) is 0 Å². The van der Waals surface area contributed by atoms with Crippen molar-refractivity contribution in [2.75, 3.05) is 17.2 Å². The largest absolute Gasteiger partial charge is 0.361 e. The number of anilines is 2. The molecule has 0 aromatic carbocycles. The first-order chi connectivity index (χ1) is 9.49. The predicted molar refractivity (Wildman–Crippen MR) is 80.0 cm³/mol. The van der Waals surface area contributed by atoms with Gasteiger partial charge in [-0.15, -0.1) is 0 Å². The number of nitro groups is 1. The highest BCUT2D eigenvalue weighted by atomic mass is 16.6. The van der Waals surface area contributed by atoms with Crippen molar-refractivity contribution in [3.63, 3.8) is 0 Å². The molecule has 0 fully saturated rings. The molecule has 0 bridgehead atoms.